The number of amides is 1. The van der Waals surface area contributed by atoms with E-state index in [0.29, 0.717) is 18.2 Å². The number of nitrogens with one attached hydrogen (secondary N) is 1. The SMILES string of the molecule is NCC1CCC(C(=O)Nc2cccc(F)c2)CC1. The Morgan fingerprint density at radius 2 is 2.06 bits per heavy atom. The van der Waals surface area contributed by atoms with E-state index in [2.05, 4.69) is 5.32 Å². The van der Waals surface area contributed by atoms with Gasteiger partial charge in [-0.1, -0.05) is 6.07 Å². The molecule has 0 atom stereocenters. The number of carbonyl (C=O) groups excluding carboxylic acids is 1. The number of rotatable bonds is 3. The highest BCUT2D eigenvalue weighted by atomic mass is 19.1. The molecule has 0 heterocycles. The van der Waals surface area contributed by atoms with Crippen LogP contribution in [0.25, 0.3) is 0 Å². The van der Waals surface area contributed by atoms with Crippen molar-refractivity contribution in [3.63, 3.8) is 0 Å². The molecule has 1 aliphatic rings. The Labute approximate surface area is 107 Å². The summed E-state index contributed by atoms with van der Waals surface area (Å²) in [5.41, 5.74) is 6.15. The molecule has 0 bridgehead atoms. The Kier molecular flexibility index (Phi) is 4.31. The Morgan fingerprint density at radius 1 is 1.33 bits per heavy atom. The van der Waals surface area contributed by atoms with E-state index in [1.54, 1.807) is 12.1 Å². The maximum absolute atomic E-state index is 13.0. The van der Waals surface area contributed by atoms with Gasteiger partial charge in [0.2, 0.25) is 5.91 Å². The summed E-state index contributed by atoms with van der Waals surface area (Å²) in [4.78, 5) is 12.0. The Bertz CT molecular complexity index is 414. The van der Waals surface area contributed by atoms with Crippen molar-refractivity contribution in [3.05, 3.63) is 30.1 Å². The molecule has 1 amide bonds. The predicted molar refractivity (Wildman–Crippen MR) is 69.5 cm³/mol. The van der Waals surface area contributed by atoms with Gasteiger partial charge in [0.15, 0.2) is 0 Å². The molecule has 1 saturated carbocycles. The standard InChI is InChI=1S/C14H19FN2O/c15-12-2-1-3-13(8-12)17-14(18)11-6-4-10(9-16)5-7-11/h1-3,8,10-11H,4-7,9,16H2,(H,17,18). The van der Waals surface area contributed by atoms with Gasteiger partial charge in [0.1, 0.15) is 5.82 Å². The average molecular weight is 250 g/mol. The zero-order chi connectivity index (χ0) is 13.0. The summed E-state index contributed by atoms with van der Waals surface area (Å²) in [6, 6.07) is 5.99. The van der Waals surface area contributed by atoms with Gasteiger partial charge in [-0.2, -0.15) is 0 Å². The highest BCUT2D eigenvalue weighted by Crippen LogP contribution is 2.29. The summed E-state index contributed by atoms with van der Waals surface area (Å²) in [7, 11) is 0. The molecule has 98 valence electrons. The summed E-state index contributed by atoms with van der Waals surface area (Å²) < 4.78 is 13.0. The smallest absolute Gasteiger partial charge is 0.227 e. The zero-order valence-electron chi connectivity index (χ0n) is 10.4. The van der Waals surface area contributed by atoms with Gasteiger partial charge in [-0.05, 0) is 56.3 Å². The third kappa shape index (κ3) is 3.29. The highest BCUT2D eigenvalue weighted by Gasteiger charge is 2.25. The molecule has 1 aliphatic carbocycles. The monoisotopic (exact) mass is 250 g/mol. The third-order valence-electron chi connectivity index (χ3n) is 3.64. The number of hydrogen-bond donors (Lipinski definition) is 2. The van der Waals surface area contributed by atoms with Crippen molar-refractivity contribution in [2.24, 2.45) is 17.6 Å². The molecule has 0 saturated heterocycles. The summed E-state index contributed by atoms with van der Waals surface area (Å²) in [6.45, 7) is 0.707. The predicted octanol–water partition coefficient (Wildman–Crippen LogP) is 2.53. The van der Waals surface area contributed by atoms with E-state index in [0.717, 1.165) is 25.7 Å². The van der Waals surface area contributed by atoms with Crippen molar-refractivity contribution in [2.75, 3.05) is 11.9 Å². The van der Waals surface area contributed by atoms with Crippen molar-refractivity contribution in [1.29, 1.82) is 0 Å². The van der Waals surface area contributed by atoms with Gasteiger partial charge in [-0.3, -0.25) is 4.79 Å². The van der Waals surface area contributed by atoms with Crippen LogP contribution in [0.2, 0.25) is 0 Å². The molecule has 4 heteroatoms. The molecule has 0 radical (unpaired) electrons. The fourth-order valence-corrected chi connectivity index (χ4v) is 2.47. The van der Waals surface area contributed by atoms with Crippen molar-refractivity contribution in [1.82, 2.24) is 0 Å². The van der Waals surface area contributed by atoms with Crippen LogP contribution in [0.4, 0.5) is 10.1 Å². The maximum atomic E-state index is 13.0. The Morgan fingerprint density at radius 3 is 2.67 bits per heavy atom. The molecular weight excluding hydrogens is 231 g/mol. The first kappa shape index (κ1) is 13.0. The first-order chi connectivity index (χ1) is 8.69. The second-order valence-electron chi connectivity index (χ2n) is 4.95. The lowest BCUT2D eigenvalue weighted by molar-refractivity contribution is -0.121. The van der Waals surface area contributed by atoms with Gasteiger partial charge < -0.3 is 11.1 Å². The van der Waals surface area contributed by atoms with E-state index in [1.807, 2.05) is 0 Å². The van der Waals surface area contributed by atoms with Gasteiger partial charge in [0, 0.05) is 11.6 Å². The zero-order valence-corrected chi connectivity index (χ0v) is 10.4. The van der Waals surface area contributed by atoms with Crippen molar-refractivity contribution in [2.45, 2.75) is 25.7 Å². The average Bonchev–Trinajstić information content (AvgIpc) is 2.39. The molecular formula is C14H19FN2O. The van der Waals surface area contributed by atoms with Crippen molar-refractivity contribution >= 4 is 11.6 Å². The number of nitrogens with two attached hydrogens (primary N) is 1. The third-order valence-corrected chi connectivity index (χ3v) is 3.64. The minimum absolute atomic E-state index is 0.00364. The van der Waals surface area contributed by atoms with Crippen molar-refractivity contribution in [3.8, 4) is 0 Å². The molecule has 1 aromatic carbocycles. The van der Waals surface area contributed by atoms with E-state index in [4.69, 9.17) is 5.73 Å². The van der Waals surface area contributed by atoms with E-state index < -0.39 is 0 Å². The summed E-state index contributed by atoms with van der Waals surface area (Å²) >= 11 is 0. The lowest BCUT2D eigenvalue weighted by Crippen LogP contribution is -2.29. The molecule has 3 nitrogen and oxygen atoms in total. The fourth-order valence-electron chi connectivity index (χ4n) is 2.47. The molecule has 0 unspecified atom stereocenters. The summed E-state index contributed by atoms with van der Waals surface area (Å²) in [5, 5.41) is 2.78. The number of hydrogen-bond acceptors (Lipinski definition) is 2. The fraction of sp³-hybridized carbons (Fsp3) is 0.500. The molecule has 1 fully saturated rings. The van der Waals surface area contributed by atoms with Crippen LogP contribution >= 0.6 is 0 Å². The lowest BCUT2D eigenvalue weighted by atomic mass is 9.81. The van der Waals surface area contributed by atoms with Crippen LogP contribution in [0.5, 0.6) is 0 Å². The largest absolute Gasteiger partial charge is 0.330 e. The highest BCUT2D eigenvalue weighted by molar-refractivity contribution is 5.92. The minimum atomic E-state index is -0.334. The summed E-state index contributed by atoms with van der Waals surface area (Å²) in [6.07, 6.45) is 3.78. The molecule has 0 aromatic heterocycles. The number of benzene rings is 1. The van der Waals surface area contributed by atoms with Crippen LogP contribution in [0, 0.1) is 17.7 Å². The van der Waals surface area contributed by atoms with Crippen molar-refractivity contribution < 1.29 is 9.18 Å². The molecule has 18 heavy (non-hydrogen) atoms. The second kappa shape index (κ2) is 5.96. The van der Waals surface area contributed by atoms with Crippen LogP contribution in [0.1, 0.15) is 25.7 Å². The molecule has 0 aliphatic heterocycles. The first-order valence-electron chi connectivity index (χ1n) is 6.45. The van der Waals surface area contributed by atoms with Gasteiger partial charge in [0.05, 0.1) is 0 Å². The van der Waals surface area contributed by atoms with E-state index in [-0.39, 0.29) is 17.6 Å². The molecule has 2 rings (SSSR count). The topological polar surface area (TPSA) is 55.1 Å². The maximum Gasteiger partial charge on any atom is 0.227 e. The van der Waals surface area contributed by atoms with E-state index in [9.17, 15) is 9.18 Å². The molecule has 1 aromatic rings. The van der Waals surface area contributed by atoms with Gasteiger partial charge >= 0.3 is 0 Å². The van der Waals surface area contributed by atoms with E-state index >= 15 is 0 Å². The van der Waals surface area contributed by atoms with Gasteiger partial charge in [-0.15, -0.1) is 0 Å². The first-order valence-corrected chi connectivity index (χ1v) is 6.45. The number of carbonyl (C=O) groups is 1. The van der Waals surface area contributed by atoms with Crippen LogP contribution < -0.4 is 11.1 Å². The molecule has 3 N–H and O–H groups in total. The quantitative estimate of drug-likeness (QED) is 0.866. The van der Waals surface area contributed by atoms with Gasteiger partial charge in [-0.25, -0.2) is 4.39 Å². The number of anilines is 1. The normalized spacial score (nSPS) is 23.7. The summed E-state index contributed by atoms with van der Waals surface area (Å²) in [5.74, 6) is 0.259. The van der Waals surface area contributed by atoms with Crippen LogP contribution in [-0.2, 0) is 4.79 Å². The van der Waals surface area contributed by atoms with Crippen LogP contribution in [0.15, 0.2) is 24.3 Å². The Hall–Kier alpha value is -1.42. The van der Waals surface area contributed by atoms with Gasteiger partial charge in [0.25, 0.3) is 0 Å². The lowest BCUT2D eigenvalue weighted by Gasteiger charge is -2.26. The second-order valence-corrected chi connectivity index (χ2v) is 4.95. The number of halogens is 1. The van der Waals surface area contributed by atoms with Crippen LogP contribution in [-0.4, -0.2) is 12.5 Å². The van der Waals surface area contributed by atoms with E-state index in [1.165, 1.54) is 12.1 Å². The Balaban J connectivity index is 1.89. The molecule has 0 spiro atoms. The minimum Gasteiger partial charge on any atom is -0.330 e. The van der Waals surface area contributed by atoms with Crippen LogP contribution in [0.3, 0.4) is 0 Å².